The second kappa shape index (κ2) is 7.77. The van der Waals surface area contributed by atoms with Crippen LogP contribution in [0.25, 0.3) is 0 Å². The number of benzene rings is 2. The monoisotopic (exact) mass is 384 g/mol. The van der Waals surface area contributed by atoms with Crippen molar-refractivity contribution in [2.75, 3.05) is 13.1 Å². The molecule has 0 bridgehead atoms. The maximum atomic E-state index is 13.7. The summed E-state index contributed by atoms with van der Waals surface area (Å²) >= 11 is 0. The maximum Gasteiger partial charge on any atom is 0.243 e. The molecule has 0 amide bonds. The number of likely N-dealkylation sites (tertiary alicyclic amines) is 1. The van der Waals surface area contributed by atoms with Crippen molar-refractivity contribution in [3.05, 3.63) is 65.5 Å². The van der Waals surface area contributed by atoms with Crippen LogP contribution in [0.4, 0.5) is 13.2 Å². The first-order valence-electron chi connectivity index (χ1n) is 8.28. The molecule has 1 N–H and O–H groups in total. The summed E-state index contributed by atoms with van der Waals surface area (Å²) in [6.45, 7) is 1.66. The van der Waals surface area contributed by atoms with Crippen LogP contribution in [-0.4, -0.2) is 32.4 Å². The summed E-state index contributed by atoms with van der Waals surface area (Å²) in [6.07, 6.45) is 1.11. The van der Waals surface area contributed by atoms with Crippen molar-refractivity contribution in [1.29, 1.82) is 0 Å². The molecule has 26 heavy (non-hydrogen) atoms. The standard InChI is InChI=1S/C18H19F3N2O2S/c19-15-6-5-13(11-17(15)21)12-23-9-7-14(8-10-23)22-26(24,25)18-4-2-1-3-16(18)20/h1-6,11,14,22H,7-10,12H2. The quantitative estimate of drug-likeness (QED) is 0.862. The largest absolute Gasteiger partial charge is 0.299 e. The molecule has 1 aliphatic heterocycles. The van der Waals surface area contributed by atoms with Crippen molar-refractivity contribution in [2.24, 2.45) is 0 Å². The highest BCUT2D eigenvalue weighted by molar-refractivity contribution is 7.89. The number of piperidine rings is 1. The smallest absolute Gasteiger partial charge is 0.243 e. The van der Waals surface area contributed by atoms with Crippen LogP contribution in [0.5, 0.6) is 0 Å². The maximum absolute atomic E-state index is 13.7. The molecule has 1 aliphatic rings. The van der Waals surface area contributed by atoms with Crippen molar-refractivity contribution in [3.63, 3.8) is 0 Å². The van der Waals surface area contributed by atoms with Gasteiger partial charge in [0.1, 0.15) is 10.7 Å². The molecule has 2 aromatic carbocycles. The molecule has 1 fully saturated rings. The number of halogens is 3. The van der Waals surface area contributed by atoms with Crippen molar-refractivity contribution in [1.82, 2.24) is 9.62 Å². The number of sulfonamides is 1. The van der Waals surface area contributed by atoms with E-state index in [1.165, 1.54) is 30.3 Å². The lowest BCUT2D eigenvalue weighted by Gasteiger charge is -2.32. The summed E-state index contributed by atoms with van der Waals surface area (Å²) in [5.41, 5.74) is 0.661. The van der Waals surface area contributed by atoms with Gasteiger partial charge in [0.25, 0.3) is 0 Å². The van der Waals surface area contributed by atoms with Gasteiger partial charge >= 0.3 is 0 Å². The van der Waals surface area contributed by atoms with Gasteiger partial charge in [0.05, 0.1) is 0 Å². The molecule has 0 radical (unpaired) electrons. The van der Waals surface area contributed by atoms with E-state index in [0.717, 1.165) is 12.1 Å². The first-order valence-corrected chi connectivity index (χ1v) is 9.76. The zero-order valence-electron chi connectivity index (χ0n) is 14.0. The van der Waals surface area contributed by atoms with Crippen LogP contribution in [0.1, 0.15) is 18.4 Å². The molecule has 1 heterocycles. The average Bonchev–Trinajstić information content (AvgIpc) is 2.60. The predicted molar refractivity (Wildman–Crippen MR) is 91.4 cm³/mol. The Morgan fingerprint density at radius 2 is 1.65 bits per heavy atom. The number of rotatable bonds is 5. The average molecular weight is 384 g/mol. The Labute approximate surface area is 150 Å². The SMILES string of the molecule is O=S(=O)(NC1CCN(Cc2ccc(F)c(F)c2)CC1)c1ccccc1F. The molecule has 140 valence electrons. The van der Waals surface area contributed by atoms with Gasteiger partial charge in [0.2, 0.25) is 10.0 Å². The van der Waals surface area contributed by atoms with Gasteiger partial charge in [-0.1, -0.05) is 18.2 Å². The number of nitrogens with zero attached hydrogens (tertiary/aromatic N) is 1. The van der Waals surface area contributed by atoms with Gasteiger partial charge < -0.3 is 0 Å². The fraction of sp³-hybridized carbons (Fsp3) is 0.333. The van der Waals surface area contributed by atoms with Crippen molar-refractivity contribution in [2.45, 2.75) is 30.3 Å². The second-order valence-corrected chi connectivity index (χ2v) is 8.03. The van der Waals surface area contributed by atoms with Crippen LogP contribution in [-0.2, 0) is 16.6 Å². The van der Waals surface area contributed by atoms with Crippen LogP contribution in [0.3, 0.4) is 0 Å². The molecule has 0 atom stereocenters. The third-order valence-electron chi connectivity index (χ3n) is 4.43. The van der Waals surface area contributed by atoms with Gasteiger partial charge in [-0.05, 0) is 42.7 Å². The zero-order valence-corrected chi connectivity index (χ0v) is 14.8. The van der Waals surface area contributed by atoms with E-state index in [0.29, 0.717) is 38.0 Å². The molecule has 2 aromatic rings. The third kappa shape index (κ3) is 4.44. The minimum atomic E-state index is -3.91. The number of nitrogens with one attached hydrogen (secondary N) is 1. The Bertz CT molecular complexity index is 882. The van der Waals surface area contributed by atoms with Crippen LogP contribution >= 0.6 is 0 Å². The normalized spacial score (nSPS) is 16.7. The minimum Gasteiger partial charge on any atom is -0.299 e. The molecule has 1 saturated heterocycles. The third-order valence-corrected chi connectivity index (χ3v) is 5.98. The molecule has 0 aliphatic carbocycles. The molecule has 0 spiro atoms. The molecular formula is C18H19F3N2O2S. The Hall–Kier alpha value is -1.90. The second-order valence-electron chi connectivity index (χ2n) is 6.35. The fourth-order valence-corrected chi connectivity index (χ4v) is 4.43. The Kier molecular flexibility index (Phi) is 5.64. The lowest BCUT2D eigenvalue weighted by molar-refractivity contribution is 0.199. The van der Waals surface area contributed by atoms with Crippen LogP contribution in [0.15, 0.2) is 47.4 Å². The molecule has 0 aromatic heterocycles. The summed E-state index contributed by atoms with van der Waals surface area (Å²) < 4.78 is 67.2. The van der Waals surface area contributed by atoms with Crippen molar-refractivity contribution >= 4 is 10.0 Å². The summed E-state index contributed by atoms with van der Waals surface area (Å²) in [5, 5.41) is 0. The van der Waals surface area contributed by atoms with Crippen LogP contribution in [0, 0.1) is 17.5 Å². The highest BCUT2D eigenvalue weighted by atomic mass is 32.2. The van der Waals surface area contributed by atoms with Gasteiger partial charge in [-0.15, -0.1) is 0 Å². The zero-order chi connectivity index (χ0) is 18.7. The van der Waals surface area contributed by atoms with E-state index in [4.69, 9.17) is 0 Å². The predicted octanol–water partition coefficient (Wildman–Crippen LogP) is 3.05. The summed E-state index contributed by atoms with van der Waals surface area (Å²) in [4.78, 5) is 1.69. The van der Waals surface area contributed by atoms with E-state index in [1.54, 1.807) is 0 Å². The van der Waals surface area contributed by atoms with Gasteiger partial charge in [0.15, 0.2) is 11.6 Å². The van der Waals surface area contributed by atoms with Gasteiger partial charge in [-0.3, -0.25) is 4.90 Å². The first kappa shape index (κ1) is 18.9. The molecule has 8 heteroatoms. The van der Waals surface area contributed by atoms with Crippen molar-refractivity contribution < 1.29 is 21.6 Å². The van der Waals surface area contributed by atoms with Crippen LogP contribution < -0.4 is 4.72 Å². The molecule has 4 nitrogen and oxygen atoms in total. The van der Waals surface area contributed by atoms with E-state index < -0.39 is 27.5 Å². The highest BCUT2D eigenvalue weighted by Gasteiger charge is 2.26. The van der Waals surface area contributed by atoms with Gasteiger partial charge in [-0.25, -0.2) is 26.3 Å². The van der Waals surface area contributed by atoms with Gasteiger partial charge in [-0.2, -0.15) is 0 Å². The molecule has 0 unspecified atom stereocenters. The summed E-state index contributed by atoms with van der Waals surface area (Å²) in [6, 6.07) is 8.76. The number of hydrogen-bond donors (Lipinski definition) is 1. The van der Waals surface area contributed by atoms with E-state index in [1.807, 2.05) is 4.90 Å². The van der Waals surface area contributed by atoms with Crippen molar-refractivity contribution in [3.8, 4) is 0 Å². The topological polar surface area (TPSA) is 49.4 Å². The lowest BCUT2D eigenvalue weighted by atomic mass is 10.1. The molecule has 0 saturated carbocycles. The number of hydrogen-bond acceptors (Lipinski definition) is 3. The van der Waals surface area contributed by atoms with E-state index in [9.17, 15) is 21.6 Å². The minimum absolute atomic E-state index is 0.291. The van der Waals surface area contributed by atoms with Crippen LogP contribution in [0.2, 0.25) is 0 Å². The lowest BCUT2D eigenvalue weighted by Crippen LogP contribution is -2.44. The molecular weight excluding hydrogens is 365 g/mol. The Morgan fingerprint density at radius 3 is 2.31 bits per heavy atom. The highest BCUT2D eigenvalue weighted by Crippen LogP contribution is 2.19. The summed E-state index contributed by atoms with van der Waals surface area (Å²) in [7, 11) is -3.91. The fourth-order valence-electron chi connectivity index (χ4n) is 3.05. The van der Waals surface area contributed by atoms with E-state index in [-0.39, 0.29) is 10.9 Å². The first-order chi connectivity index (χ1) is 12.3. The summed E-state index contributed by atoms with van der Waals surface area (Å²) in [5.74, 6) is -2.54. The Morgan fingerprint density at radius 1 is 0.962 bits per heavy atom. The van der Waals surface area contributed by atoms with E-state index in [2.05, 4.69) is 4.72 Å². The Balaban J connectivity index is 1.57. The molecule has 3 rings (SSSR count). The van der Waals surface area contributed by atoms with E-state index >= 15 is 0 Å². The van der Waals surface area contributed by atoms with Gasteiger partial charge in [0, 0.05) is 25.7 Å².